The third-order valence-corrected chi connectivity index (χ3v) is 5.41. The van der Waals surface area contributed by atoms with E-state index in [1.54, 1.807) is 13.1 Å². The number of anilines is 1. The summed E-state index contributed by atoms with van der Waals surface area (Å²) in [7, 11) is 0. The highest BCUT2D eigenvalue weighted by atomic mass is 16.6. The predicted octanol–water partition coefficient (Wildman–Crippen LogP) is 3.32. The van der Waals surface area contributed by atoms with Crippen molar-refractivity contribution in [1.29, 1.82) is 0 Å². The van der Waals surface area contributed by atoms with Gasteiger partial charge in [0.2, 0.25) is 5.82 Å². The van der Waals surface area contributed by atoms with Gasteiger partial charge in [-0.25, -0.2) is 4.98 Å². The molecule has 2 saturated carbocycles. The molecule has 0 unspecified atom stereocenters. The van der Waals surface area contributed by atoms with Crippen molar-refractivity contribution in [2.45, 2.75) is 63.5 Å². The second-order valence-corrected chi connectivity index (χ2v) is 7.69. The predicted molar refractivity (Wildman–Crippen MR) is 101 cm³/mol. The smallest absolute Gasteiger partial charge is 0.311 e. The van der Waals surface area contributed by atoms with E-state index in [0.717, 1.165) is 49.8 Å². The Kier molecular flexibility index (Phi) is 4.97. The molecular weight excluding hydrogens is 362 g/mol. The number of carbonyl (C=O) groups excluding carboxylic acids is 1. The molecule has 2 N–H and O–H groups in total. The molecule has 28 heavy (non-hydrogen) atoms. The molecule has 9 heteroatoms. The molecule has 2 aromatic heterocycles. The second-order valence-electron chi connectivity index (χ2n) is 7.69. The van der Waals surface area contributed by atoms with Crippen LogP contribution in [0, 0.1) is 17.0 Å². The van der Waals surface area contributed by atoms with Gasteiger partial charge in [0.1, 0.15) is 11.8 Å². The molecule has 2 aliphatic carbocycles. The lowest BCUT2D eigenvalue weighted by molar-refractivity contribution is -0.384. The average Bonchev–Trinajstić information content (AvgIpc) is 3.40. The number of hydrogen-bond acceptors (Lipinski definition) is 7. The van der Waals surface area contributed by atoms with Crippen LogP contribution < -0.4 is 10.6 Å². The van der Waals surface area contributed by atoms with Gasteiger partial charge in [0.05, 0.1) is 10.6 Å². The first kappa shape index (κ1) is 18.4. The van der Waals surface area contributed by atoms with Gasteiger partial charge in [-0.2, -0.15) is 0 Å². The maximum Gasteiger partial charge on any atom is 0.311 e. The summed E-state index contributed by atoms with van der Waals surface area (Å²) in [6.07, 6.45) is 8.37. The number of hydrogen-bond donors (Lipinski definition) is 2. The molecule has 0 saturated heterocycles. The zero-order chi connectivity index (χ0) is 19.7. The minimum absolute atomic E-state index is 0.00418. The van der Waals surface area contributed by atoms with E-state index in [1.165, 1.54) is 12.3 Å². The molecule has 0 aliphatic heterocycles. The van der Waals surface area contributed by atoms with Gasteiger partial charge in [-0.1, -0.05) is 5.16 Å². The summed E-state index contributed by atoms with van der Waals surface area (Å²) in [6.45, 7) is 1.78. The van der Waals surface area contributed by atoms with Crippen LogP contribution in [0.2, 0.25) is 0 Å². The molecule has 0 atom stereocenters. The van der Waals surface area contributed by atoms with E-state index < -0.39 is 4.92 Å². The standard InChI is InChI=1S/C19H23N5O4/c1-11-8-16(24(26)27)18(20-9-11)21-13-4-6-14(7-5-13)22-19(25)15-10-28-23-17(15)12-2-3-12/h8-10,12-14H,2-7H2,1H3,(H,20,21)(H,22,25). The zero-order valence-corrected chi connectivity index (χ0v) is 15.7. The quantitative estimate of drug-likeness (QED) is 0.577. The fourth-order valence-electron chi connectivity index (χ4n) is 3.71. The van der Waals surface area contributed by atoms with Crippen LogP contribution in [0.4, 0.5) is 11.5 Å². The number of nitrogens with one attached hydrogen (secondary N) is 2. The van der Waals surface area contributed by atoms with Gasteiger partial charge < -0.3 is 15.2 Å². The first-order valence-electron chi connectivity index (χ1n) is 9.64. The van der Waals surface area contributed by atoms with Crippen LogP contribution in [-0.2, 0) is 0 Å². The van der Waals surface area contributed by atoms with Gasteiger partial charge in [-0.05, 0) is 51.0 Å². The number of aryl methyl sites for hydroxylation is 1. The molecule has 148 valence electrons. The molecule has 2 fully saturated rings. The topological polar surface area (TPSA) is 123 Å². The molecule has 0 aromatic carbocycles. The Bertz CT molecular complexity index is 884. The van der Waals surface area contributed by atoms with Gasteiger partial charge in [-0.3, -0.25) is 14.9 Å². The summed E-state index contributed by atoms with van der Waals surface area (Å²) in [5.74, 6) is 0.536. The minimum Gasteiger partial charge on any atom is -0.364 e. The molecule has 0 spiro atoms. The molecule has 0 radical (unpaired) electrons. The largest absolute Gasteiger partial charge is 0.364 e. The second kappa shape index (κ2) is 7.57. The van der Waals surface area contributed by atoms with Gasteiger partial charge in [0.15, 0.2) is 0 Å². The summed E-state index contributed by atoms with van der Waals surface area (Å²) in [5.41, 5.74) is 2.06. The van der Waals surface area contributed by atoms with Crippen molar-refractivity contribution in [3.63, 3.8) is 0 Å². The third kappa shape index (κ3) is 3.97. The highest BCUT2D eigenvalue weighted by molar-refractivity contribution is 5.95. The van der Waals surface area contributed by atoms with Crippen molar-refractivity contribution >= 4 is 17.4 Å². The Balaban J connectivity index is 1.32. The van der Waals surface area contributed by atoms with Crippen LogP contribution in [-0.4, -0.2) is 33.1 Å². The SMILES string of the molecule is Cc1cnc(NC2CCC(NC(=O)c3conc3C3CC3)CC2)c([N+](=O)[O-])c1. The summed E-state index contributed by atoms with van der Waals surface area (Å²) in [6, 6.07) is 1.70. The van der Waals surface area contributed by atoms with Gasteiger partial charge in [0, 0.05) is 30.3 Å². The zero-order valence-electron chi connectivity index (χ0n) is 15.7. The number of rotatable bonds is 6. The summed E-state index contributed by atoms with van der Waals surface area (Å²) in [5, 5.41) is 21.5. The van der Waals surface area contributed by atoms with E-state index in [4.69, 9.17) is 4.52 Å². The van der Waals surface area contributed by atoms with Crippen LogP contribution in [0.3, 0.4) is 0 Å². The fourth-order valence-corrected chi connectivity index (χ4v) is 3.71. The average molecular weight is 385 g/mol. The summed E-state index contributed by atoms with van der Waals surface area (Å²) in [4.78, 5) is 27.6. The highest BCUT2D eigenvalue weighted by Gasteiger charge is 2.33. The lowest BCUT2D eigenvalue weighted by Gasteiger charge is -2.29. The van der Waals surface area contributed by atoms with E-state index in [2.05, 4.69) is 20.8 Å². The van der Waals surface area contributed by atoms with E-state index >= 15 is 0 Å². The first-order valence-corrected chi connectivity index (χ1v) is 9.64. The summed E-state index contributed by atoms with van der Waals surface area (Å²) < 4.78 is 5.00. The van der Waals surface area contributed by atoms with E-state index in [0.29, 0.717) is 17.3 Å². The molecule has 2 aliphatic rings. The van der Waals surface area contributed by atoms with Gasteiger partial charge in [0.25, 0.3) is 5.91 Å². The Morgan fingerprint density at radius 2 is 1.93 bits per heavy atom. The van der Waals surface area contributed by atoms with E-state index in [9.17, 15) is 14.9 Å². The third-order valence-electron chi connectivity index (χ3n) is 5.41. The van der Waals surface area contributed by atoms with Crippen LogP contribution in [0.15, 0.2) is 23.0 Å². The van der Waals surface area contributed by atoms with Crippen molar-refractivity contribution in [1.82, 2.24) is 15.5 Å². The monoisotopic (exact) mass is 385 g/mol. The maximum atomic E-state index is 12.5. The van der Waals surface area contributed by atoms with Crippen molar-refractivity contribution in [3.8, 4) is 0 Å². The van der Waals surface area contributed by atoms with Crippen LogP contribution in [0.25, 0.3) is 0 Å². The Morgan fingerprint density at radius 1 is 1.21 bits per heavy atom. The Labute approximate surface area is 162 Å². The van der Waals surface area contributed by atoms with Crippen molar-refractivity contribution < 1.29 is 14.2 Å². The highest BCUT2D eigenvalue weighted by Crippen LogP contribution is 2.40. The molecule has 0 bridgehead atoms. The van der Waals surface area contributed by atoms with Crippen molar-refractivity contribution in [3.05, 3.63) is 45.5 Å². The molecule has 2 heterocycles. The lowest BCUT2D eigenvalue weighted by Crippen LogP contribution is -2.40. The van der Waals surface area contributed by atoms with Gasteiger partial charge >= 0.3 is 5.69 Å². The Morgan fingerprint density at radius 3 is 2.61 bits per heavy atom. The van der Waals surface area contributed by atoms with Crippen LogP contribution >= 0.6 is 0 Å². The fraction of sp³-hybridized carbons (Fsp3) is 0.526. The van der Waals surface area contributed by atoms with Gasteiger partial charge in [-0.15, -0.1) is 0 Å². The first-order chi connectivity index (χ1) is 13.5. The van der Waals surface area contributed by atoms with E-state index in [1.807, 2.05) is 0 Å². The van der Waals surface area contributed by atoms with E-state index in [-0.39, 0.29) is 23.7 Å². The van der Waals surface area contributed by atoms with Crippen LogP contribution in [0.5, 0.6) is 0 Å². The Hall–Kier alpha value is -2.97. The minimum atomic E-state index is -0.412. The van der Waals surface area contributed by atoms with Crippen LogP contribution in [0.1, 0.15) is 66.1 Å². The van der Waals surface area contributed by atoms with Crippen molar-refractivity contribution in [2.75, 3.05) is 5.32 Å². The number of amides is 1. The molecule has 2 aromatic rings. The summed E-state index contributed by atoms with van der Waals surface area (Å²) >= 11 is 0. The molecule has 9 nitrogen and oxygen atoms in total. The number of pyridine rings is 1. The molecule has 4 rings (SSSR count). The number of carbonyl (C=O) groups is 1. The molecular formula is C19H23N5O4. The normalized spacial score (nSPS) is 21.9. The maximum absolute atomic E-state index is 12.5. The number of aromatic nitrogens is 2. The van der Waals surface area contributed by atoms with Crippen molar-refractivity contribution in [2.24, 2.45) is 0 Å². The number of nitro groups is 1. The lowest BCUT2D eigenvalue weighted by atomic mass is 9.91. The number of nitrogens with zero attached hydrogens (tertiary/aromatic N) is 3. The molecule has 1 amide bonds.